The van der Waals surface area contributed by atoms with Crippen LogP contribution in [-0.2, 0) is 21.1 Å². The van der Waals surface area contributed by atoms with E-state index < -0.39 is 9.84 Å². The Morgan fingerprint density at radius 2 is 2.14 bits per heavy atom. The summed E-state index contributed by atoms with van der Waals surface area (Å²) in [5.41, 5.74) is 1.13. The molecule has 0 radical (unpaired) electrons. The molecule has 0 aliphatic carbocycles. The number of aromatic nitrogens is 1. The Kier molecular flexibility index (Phi) is 5.30. The van der Waals surface area contributed by atoms with Crippen LogP contribution in [-0.4, -0.2) is 61.9 Å². The zero-order valence-electron chi connectivity index (χ0n) is 12.2. The maximum Gasteiger partial charge on any atom is 0.223 e. The summed E-state index contributed by atoms with van der Waals surface area (Å²) in [6, 6.07) is 3.58. The second kappa shape index (κ2) is 7.00. The van der Waals surface area contributed by atoms with Crippen LogP contribution in [0.15, 0.2) is 24.5 Å². The number of carbonyl (C=O) groups excluding carboxylic acids is 1. The minimum absolute atomic E-state index is 0.0290. The summed E-state index contributed by atoms with van der Waals surface area (Å²) >= 11 is 0. The maximum absolute atomic E-state index is 12.1. The van der Waals surface area contributed by atoms with Crippen LogP contribution in [0, 0.1) is 0 Å². The van der Waals surface area contributed by atoms with Crippen molar-refractivity contribution in [3.8, 4) is 0 Å². The molecule has 1 aromatic heterocycles. The van der Waals surface area contributed by atoms with E-state index in [1.807, 2.05) is 12.1 Å². The molecule has 0 aromatic carbocycles. The Morgan fingerprint density at radius 1 is 1.43 bits per heavy atom. The second-order valence-corrected chi connectivity index (χ2v) is 7.62. The number of hydrogen-bond donors (Lipinski definition) is 1. The minimum atomic E-state index is -3.00. The zero-order valence-corrected chi connectivity index (χ0v) is 13.0. The first-order chi connectivity index (χ1) is 9.96. The van der Waals surface area contributed by atoms with E-state index in [4.69, 9.17) is 0 Å². The number of amides is 1. The number of likely N-dealkylation sites (N-methyl/N-ethyl adjacent to an activating group) is 1. The number of pyridine rings is 1. The van der Waals surface area contributed by atoms with Gasteiger partial charge in [-0.3, -0.25) is 9.78 Å². The normalized spacial score (nSPS) is 20.9. The monoisotopic (exact) mass is 311 g/mol. The van der Waals surface area contributed by atoms with Gasteiger partial charge in [-0.05, 0) is 24.1 Å². The van der Waals surface area contributed by atoms with Crippen molar-refractivity contribution in [3.05, 3.63) is 30.1 Å². The van der Waals surface area contributed by atoms with Crippen molar-refractivity contribution >= 4 is 15.7 Å². The highest BCUT2D eigenvalue weighted by atomic mass is 32.2. The van der Waals surface area contributed by atoms with Crippen LogP contribution in [0.5, 0.6) is 0 Å². The van der Waals surface area contributed by atoms with E-state index in [1.54, 1.807) is 24.3 Å². The Bertz CT molecular complexity index is 574. The molecule has 2 heterocycles. The standard InChI is InChI=1S/C14H21N3O3S/c1-17(8-4-12-2-5-15-6-3-12)14(18)10-13-11-21(19,20)9-7-16-13/h2-3,5-6,13,16H,4,7-11H2,1H3. The molecule has 7 heteroatoms. The molecule has 1 N–H and O–H groups in total. The van der Waals surface area contributed by atoms with Gasteiger partial charge in [0.15, 0.2) is 9.84 Å². The molecular weight excluding hydrogens is 290 g/mol. The third-order valence-corrected chi connectivity index (χ3v) is 5.37. The molecule has 1 unspecified atom stereocenters. The molecule has 116 valence electrons. The number of rotatable bonds is 5. The van der Waals surface area contributed by atoms with Crippen LogP contribution in [0.4, 0.5) is 0 Å². The molecule has 1 amide bonds. The number of nitrogens with zero attached hydrogens (tertiary/aromatic N) is 2. The van der Waals surface area contributed by atoms with Crippen LogP contribution >= 0.6 is 0 Å². The summed E-state index contributed by atoms with van der Waals surface area (Å²) in [5.74, 6) is 0.186. The first-order valence-corrected chi connectivity index (χ1v) is 8.85. The Morgan fingerprint density at radius 3 is 2.81 bits per heavy atom. The van der Waals surface area contributed by atoms with Gasteiger partial charge in [0.05, 0.1) is 11.5 Å². The SMILES string of the molecule is CN(CCc1ccncc1)C(=O)CC1CS(=O)(=O)CCN1. The summed E-state index contributed by atoms with van der Waals surface area (Å²) in [6.45, 7) is 1.04. The quantitative estimate of drug-likeness (QED) is 0.819. The predicted molar refractivity (Wildman–Crippen MR) is 80.6 cm³/mol. The molecule has 1 aliphatic rings. The largest absolute Gasteiger partial charge is 0.345 e. The van der Waals surface area contributed by atoms with E-state index in [9.17, 15) is 13.2 Å². The average Bonchev–Trinajstić information content (AvgIpc) is 2.44. The van der Waals surface area contributed by atoms with Crippen molar-refractivity contribution in [2.24, 2.45) is 0 Å². The van der Waals surface area contributed by atoms with E-state index in [0.717, 1.165) is 12.0 Å². The first-order valence-electron chi connectivity index (χ1n) is 7.03. The van der Waals surface area contributed by atoms with Gasteiger partial charge in [0.1, 0.15) is 0 Å². The number of nitrogens with one attached hydrogen (secondary N) is 1. The van der Waals surface area contributed by atoms with Crippen LogP contribution in [0.2, 0.25) is 0 Å². The molecule has 0 spiro atoms. The first kappa shape index (κ1) is 15.9. The fourth-order valence-electron chi connectivity index (χ4n) is 2.34. The number of carbonyl (C=O) groups is 1. The fourth-order valence-corrected chi connectivity index (χ4v) is 3.78. The average molecular weight is 311 g/mol. The van der Waals surface area contributed by atoms with Gasteiger partial charge in [0, 0.05) is 45.0 Å². The summed E-state index contributed by atoms with van der Waals surface area (Å²) in [5, 5.41) is 3.10. The molecular formula is C14H21N3O3S. The highest BCUT2D eigenvalue weighted by Gasteiger charge is 2.26. The lowest BCUT2D eigenvalue weighted by Crippen LogP contribution is -2.47. The van der Waals surface area contributed by atoms with E-state index >= 15 is 0 Å². The van der Waals surface area contributed by atoms with Gasteiger partial charge < -0.3 is 10.2 Å². The third-order valence-electron chi connectivity index (χ3n) is 3.63. The zero-order chi connectivity index (χ0) is 15.3. The van der Waals surface area contributed by atoms with Crippen LogP contribution in [0.1, 0.15) is 12.0 Å². The molecule has 0 saturated carbocycles. The van der Waals surface area contributed by atoms with Crippen LogP contribution in [0.3, 0.4) is 0 Å². The predicted octanol–water partition coefficient (Wildman–Crippen LogP) is -0.141. The maximum atomic E-state index is 12.1. The lowest BCUT2D eigenvalue weighted by Gasteiger charge is -2.25. The summed E-state index contributed by atoms with van der Waals surface area (Å²) < 4.78 is 23.1. The van der Waals surface area contributed by atoms with Gasteiger partial charge in [-0.25, -0.2) is 8.42 Å². The summed E-state index contributed by atoms with van der Waals surface area (Å²) in [6.07, 6.45) is 4.45. The molecule has 1 aromatic rings. The fraction of sp³-hybridized carbons (Fsp3) is 0.571. The molecule has 6 nitrogen and oxygen atoms in total. The van der Waals surface area contributed by atoms with Crippen molar-refractivity contribution in [1.29, 1.82) is 0 Å². The van der Waals surface area contributed by atoms with Crippen molar-refractivity contribution < 1.29 is 13.2 Å². The number of hydrogen-bond acceptors (Lipinski definition) is 5. The van der Waals surface area contributed by atoms with Gasteiger partial charge >= 0.3 is 0 Å². The highest BCUT2D eigenvalue weighted by Crippen LogP contribution is 2.07. The van der Waals surface area contributed by atoms with Gasteiger partial charge in [-0.1, -0.05) is 0 Å². The lowest BCUT2D eigenvalue weighted by atomic mass is 10.1. The van der Waals surface area contributed by atoms with Crippen LogP contribution in [0.25, 0.3) is 0 Å². The van der Waals surface area contributed by atoms with Crippen molar-refractivity contribution in [1.82, 2.24) is 15.2 Å². The van der Waals surface area contributed by atoms with Gasteiger partial charge in [-0.15, -0.1) is 0 Å². The van der Waals surface area contributed by atoms with Gasteiger partial charge in [-0.2, -0.15) is 0 Å². The second-order valence-electron chi connectivity index (χ2n) is 5.39. The Labute approximate surface area is 125 Å². The van der Waals surface area contributed by atoms with Gasteiger partial charge in [0.2, 0.25) is 5.91 Å². The van der Waals surface area contributed by atoms with Crippen molar-refractivity contribution in [3.63, 3.8) is 0 Å². The van der Waals surface area contributed by atoms with Crippen LogP contribution < -0.4 is 5.32 Å². The van der Waals surface area contributed by atoms with E-state index in [-0.39, 0.29) is 29.9 Å². The van der Waals surface area contributed by atoms with Crippen molar-refractivity contribution in [2.45, 2.75) is 18.9 Å². The van der Waals surface area contributed by atoms with E-state index in [1.165, 1.54) is 0 Å². The van der Waals surface area contributed by atoms with E-state index in [2.05, 4.69) is 10.3 Å². The topological polar surface area (TPSA) is 79.4 Å². The molecule has 0 bridgehead atoms. The van der Waals surface area contributed by atoms with Crippen molar-refractivity contribution in [2.75, 3.05) is 31.6 Å². The van der Waals surface area contributed by atoms with Gasteiger partial charge in [0.25, 0.3) is 0 Å². The minimum Gasteiger partial charge on any atom is -0.345 e. The third kappa shape index (κ3) is 5.09. The molecule has 1 fully saturated rings. The molecule has 1 aliphatic heterocycles. The molecule has 2 rings (SSSR count). The Hall–Kier alpha value is -1.47. The summed E-state index contributed by atoms with van der Waals surface area (Å²) in [4.78, 5) is 17.7. The smallest absolute Gasteiger partial charge is 0.223 e. The molecule has 1 saturated heterocycles. The Balaban J connectivity index is 1.80. The molecule has 21 heavy (non-hydrogen) atoms. The lowest BCUT2D eigenvalue weighted by molar-refractivity contribution is -0.130. The van der Waals surface area contributed by atoms with E-state index in [0.29, 0.717) is 13.1 Å². The molecule has 1 atom stereocenters. The highest BCUT2D eigenvalue weighted by molar-refractivity contribution is 7.91. The summed E-state index contributed by atoms with van der Waals surface area (Å²) in [7, 11) is -1.25. The number of sulfone groups is 1.